The predicted molar refractivity (Wildman–Crippen MR) is 240 cm³/mol. The molecule has 0 saturated carbocycles. The molecule has 1 aromatic heterocycles. The second kappa shape index (κ2) is 18.0. The third kappa shape index (κ3) is 8.63. The van der Waals surface area contributed by atoms with Gasteiger partial charge in [0, 0.05) is 61.7 Å². The summed E-state index contributed by atoms with van der Waals surface area (Å²) < 4.78 is 31.3. The maximum atomic E-state index is 14.0. The molecule has 2 fully saturated rings. The molecule has 0 bridgehead atoms. The highest BCUT2D eigenvalue weighted by atomic mass is 32.2. The summed E-state index contributed by atoms with van der Waals surface area (Å²) >= 11 is 0. The fourth-order valence-electron chi connectivity index (χ4n) is 9.43. The second-order valence-electron chi connectivity index (χ2n) is 17.0. The largest absolute Gasteiger partial charge is 0.394 e. The molecule has 0 spiro atoms. The van der Waals surface area contributed by atoms with E-state index in [1.165, 1.54) is 0 Å². The summed E-state index contributed by atoms with van der Waals surface area (Å²) in [6.45, 7) is 3.13. The molecule has 4 aromatic carbocycles. The Labute approximate surface area is 375 Å². The Morgan fingerprint density at radius 1 is 0.923 bits per heavy atom. The molecule has 4 atom stereocenters. The van der Waals surface area contributed by atoms with Gasteiger partial charge in [-0.2, -0.15) is 4.31 Å². The lowest BCUT2D eigenvalue weighted by Gasteiger charge is -2.39. The number of nitrogens with zero attached hydrogens (tertiary/aromatic N) is 5. The summed E-state index contributed by atoms with van der Waals surface area (Å²) in [5.74, 6) is -2.48. The third-order valence-electron chi connectivity index (χ3n) is 12.7. The zero-order valence-electron chi connectivity index (χ0n) is 35.7. The molecule has 5 heterocycles. The first-order chi connectivity index (χ1) is 31.4. The van der Waals surface area contributed by atoms with Gasteiger partial charge in [-0.3, -0.25) is 38.9 Å². The molecular formula is C47H49N9O8S. The van der Waals surface area contributed by atoms with Crippen LogP contribution in [0.2, 0.25) is 0 Å². The molecule has 2 saturated heterocycles. The van der Waals surface area contributed by atoms with Crippen molar-refractivity contribution in [3.8, 4) is 11.1 Å². The molecule has 0 aliphatic carbocycles. The van der Waals surface area contributed by atoms with Crippen LogP contribution in [-0.2, 0) is 37.4 Å². The highest BCUT2D eigenvalue weighted by molar-refractivity contribution is 7.89. The highest BCUT2D eigenvalue weighted by Gasteiger charge is 2.49. The lowest BCUT2D eigenvalue weighted by molar-refractivity contribution is -0.136. The maximum absolute atomic E-state index is 14.0. The summed E-state index contributed by atoms with van der Waals surface area (Å²) in [5, 5.41) is 30.7. The normalized spacial score (nSPS) is 20.5. The fourth-order valence-corrected chi connectivity index (χ4v) is 11.1. The van der Waals surface area contributed by atoms with E-state index < -0.39 is 45.7 Å². The summed E-state index contributed by atoms with van der Waals surface area (Å²) in [6.07, 6.45) is 4.55. The number of imide groups is 2. The molecule has 4 aliphatic rings. The first-order valence-electron chi connectivity index (χ1n) is 21.9. The Morgan fingerprint density at radius 2 is 1.72 bits per heavy atom. The average molecular weight is 900 g/mol. The maximum Gasteiger partial charge on any atom is 0.264 e. The number of rotatable bonds is 15. The minimum Gasteiger partial charge on any atom is -0.394 e. The van der Waals surface area contributed by atoms with E-state index >= 15 is 0 Å². The number of fused-ring (bicyclic) bond motifs is 4. The Morgan fingerprint density at radius 3 is 2.52 bits per heavy atom. The van der Waals surface area contributed by atoms with Crippen molar-refractivity contribution in [3.63, 3.8) is 0 Å². The molecule has 5 N–H and O–H groups in total. The molecule has 4 aliphatic heterocycles. The molecule has 1 unspecified atom stereocenters. The monoisotopic (exact) mass is 899 g/mol. The number of piperidine rings is 1. The SMILES string of the molecule is Cc1ccc(S(=O)(=O)N2CC[C@@H]3[C@H](CO)Nc4ccc(-c5cccc(NC(=O)CCCc6cn(CCCNc7cccc8c7C(=O)N(C7CCC(=O)NC7=O)C8=O)nn6)c5)cc4[C@@H]32)cc1. The number of nitrogens with one attached hydrogen (secondary N) is 4. The number of benzene rings is 4. The van der Waals surface area contributed by atoms with Crippen LogP contribution >= 0.6 is 0 Å². The number of sulfonamides is 1. The van der Waals surface area contributed by atoms with Gasteiger partial charge in [-0.15, -0.1) is 5.10 Å². The van der Waals surface area contributed by atoms with Gasteiger partial charge >= 0.3 is 0 Å². The van der Waals surface area contributed by atoms with Gasteiger partial charge in [0.2, 0.25) is 27.7 Å². The second-order valence-corrected chi connectivity index (χ2v) is 18.9. The van der Waals surface area contributed by atoms with E-state index in [0.29, 0.717) is 56.7 Å². The average Bonchev–Trinajstić information content (AvgIpc) is 4.02. The van der Waals surface area contributed by atoms with Gasteiger partial charge in [-0.1, -0.05) is 47.2 Å². The number of carbonyl (C=O) groups excluding carboxylic acids is 5. The van der Waals surface area contributed by atoms with Crippen LogP contribution in [0.3, 0.4) is 0 Å². The Kier molecular flexibility index (Phi) is 12.1. The number of hydrogen-bond acceptors (Lipinski definition) is 12. The van der Waals surface area contributed by atoms with Crippen molar-refractivity contribution in [2.45, 2.75) is 81.4 Å². The van der Waals surface area contributed by atoms with Gasteiger partial charge in [0.25, 0.3) is 11.8 Å². The Balaban J connectivity index is 0.770. The van der Waals surface area contributed by atoms with E-state index in [-0.39, 0.29) is 59.8 Å². The van der Waals surface area contributed by atoms with Crippen LogP contribution in [0.15, 0.2) is 96.0 Å². The molecular weight excluding hydrogens is 851 g/mol. The van der Waals surface area contributed by atoms with Crippen LogP contribution in [0, 0.1) is 12.8 Å². The number of carbonyl (C=O) groups is 5. The van der Waals surface area contributed by atoms with Crippen molar-refractivity contribution in [2.75, 3.05) is 35.6 Å². The van der Waals surface area contributed by atoms with Gasteiger partial charge < -0.3 is 21.1 Å². The van der Waals surface area contributed by atoms with E-state index in [1.54, 1.807) is 51.5 Å². The van der Waals surface area contributed by atoms with Crippen LogP contribution in [0.25, 0.3) is 11.1 Å². The molecule has 5 amide bonds. The van der Waals surface area contributed by atoms with Crippen LogP contribution in [0.1, 0.15) is 82.1 Å². The van der Waals surface area contributed by atoms with Crippen molar-refractivity contribution in [1.82, 2.24) is 29.5 Å². The number of aromatic nitrogens is 3. The number of amides is 5. The van der Waals surface area contributed by atoms with Crippen molar-refractivity contribution >= 4 is 56.6 Å². The molecule has 65 heavy (non-hydrogen) atoms. The molecule has 336 valence electrons. The zero-order valence-corrected chi connectivity index (χ0v) is 36.5. The van der Waals surface area contributed by atoms with E-state index in [4.69, 9.17) is 0 Å². The van der Waals surface area contributed by atoms with Gasteiger partial charge in [0.05, 0.1) is 40.4 Å². The first-order valence-corrected chi connectivity index (χ1v) is 23.3. The molecule has 0 radical (unpaired) electrons. The number of anilines is 3. The number of aryl methyl sites for hydroxylation is 3. The van der Waals surface area contributed by atoms with Gasteiger partial charge in [0.15, 0.2) is 0 Å². The van der Waals surface area contributed by atoms with Gasteiger partial charge in [0.1, 0.15) is 6.04 Å². The van der Waals surface area contributed by atoms with E-state index in [9.17, 15) is 37.5 Å². The number of hydrogen-bond donors (Lipinski definition) is 5. The summed E-state index contributed by atoms with van der Waals surface area (Å²) in [7, 11) is -3.81. The Bertz CT molecular complexity index is 2810. The molecule has 9 rings (SSSR count). The van der Waals surface area contributed by atoms with E-state index in [2.05, 4.69) is 31.6 Å². The minimum absolute atomic E-state index is 0.0476. The smallest absolute Gasteiger partial charge is 0.264 e. The summed E-state index contributed by atoms with van der Waals surface area (Å²) in [6, 6.07) is 23.5. The van der Waals surface area contributed by atoms with E-state index in [1.807, 2.05) is 55.6 Å². The molecule has 17 nitrogen and oxygen atoms in total. The molecule has 18 heteroatoms. The Hall–Kier alpha value is -6.76. The first kappa shape index (κ1) is 43.5. The lowest BCUT2D eigenvalue weighted by Crippen LogP contribution is -2.54. The van der Waals surface area contributed by atoms with Crippen LogP contribution < -0.4 is 21.3 Å². The van der Waals surface area contributed by atoms with E-state index in [0.717, 1.165) is 38.5 Å². The van der Waals surface area contributed by atoms with Crippen molar-refractivity contribution in [2.24, 2.45) is 5.92 Å². The highest BCUT2D eigenvalue weighted by Crippen LogP contribution is 2.49. The fraction of sp³-hybridized carbons (Fsp3) is 0.340. The van der Waals surface area contributed by atoms with Gasteiger partial charge in [-0.05, 0) is 104 Å². The minimum atomic E-state index is -3.81. The summed E-state index contributed by atoms with van der Waals surface area (Å²) in [4.78, 5) is 64.9. The van der Waals surface area contributed by atoms with Crippen molar-refractivity contribution < 1.29 is 37.5 Å². The van der Waals surface area contributed by atoms with Crippen LogP contribution in [0.5, 0.6) is 0 Å². The standard InChI is InChI=1S/C47H49N9O8S/c1-28-12-15-33(16-13-28)65(63,64)55-23-20-34-39(27-57)50-37-17-14-30(25-36(37)44(34)55)29-6-2-7-31(24-29)49-41(58)11-3-8-32-26-54(53-52-32)22-5-21-48-38-10-4-9-35-43(38)47(62)56(46(35)61)40-18-19-42(59)51-45(40)60/h2,4,6-7,9-10,12-17,24-26,34,39-40,44,48,50,57H,3,5,8,11,18-23,27H2,1H3,(H,49,58)(H,51,59,60)/t34-,39+,40?,44-/m1/s1. The van der Waals surface area contributed by atoms with Crippen molar-refractivity contribution in [3.05, 3.63) is 119 Å². The van der Waals surface area contributed by atoms with Crippen LogP contribution in [0.4, 0.5) is 17.1 Å². The number of aliphatic hydroxyl groups excluding tert-OH is 1. The summed E-state index contributed by atoms with van der Waals surface area (Å²) in [5.41, 5.74) is 6.61. The zero-order chi connectivity index (χ0) is 45.4. The predicted octanol–water partition coefficient (Wildman–Crippen LogP) is 4.66. The van der Waals surface area contributed by atoms with Gasteiger partial charge in [-0.25, -0.2) is 8.42 Å². The third-order valence-corrected chi connectivity index (χ3v) is 14.6. The molecule has 5 aromatic rings. The number of aliphatic hydroxyl groups is 1. The van der Waals surface area contributed by atoms with Crippen molar-refractivity contribution in [1.29, 1.82) is 0 Å². The quantitative estimate of drug-likeness (QED) is 0.0715. The lowest BCUT2D eigenvalue weighted by atomic mass is 9.82. The van der Waals surface area contributed by atoms with Crippen LogP contribution in [-0.4, -0.2) is 99.0 Å². The topological polar surface area (TPSA) is 225 Å².